The molecule has 1 aromatic carbocycles. The molecular weight excluding hydrogens is 264 g/mol. The lowest BCUT2D eigenvalue weighted by Crippen LogP contribution is -2.27. The van der Waals surface area contributed by atoms with Gasteiger partial charge in [-0.05, 0) is 12.1 Å². The molecule has 17 heavy (non-hydrogen) atoms. The van der Waals surface area contributed by atoms with E-state index in [0.717, 1.165) is 0 Å². The number of sulfone groups is 1. The Kier molecular flexibility index (Phi) is 4.92. The maximum Gasteiger partial charge on any atom is 0.239 e. The second kappa shape index (κ2) is 6.00. The molecule has 5 nitrogen and oxygen atoms in total. The van der Waals surface area contributed by atoms with Crippen LogP contribution in [0.5, 0.6) is 0 Å². The number of hydrogen-bond acceptors (Lipinski definition) is 4. The molecule has 1 amide bonds. The summed E-state index contributed by atoms with van der Waals surface area (Å²) in [5.41, 5.74) is 5.53. The molecule has 3 N–H and O–H groups in total. The van der Waals surface area contributed by atoms with Crippen LogP contribution in [0.25, 0.3) is 0 Å². The average Bonchev–Trinajstić information content (AvgIpc) is 2.20. The predicted octanol–water partition coefficient (Wildman–Crippen LogP) is 0.652. The Bertz CT molecular complexity index is 502. The molecule has 0 heterocycles. The van der Waals surface area contributed by atoms with E-state index >= 15 is 0 Å². The summed E-state index contributed by atoms with van der Waals surface area (Å²) in [6.07, 6.45) is 0. The average molecular weight is 277 g/mol. The Balaban J connectivity index is 2.66. The number of hydrogen-bond donors (Lipinski definition) is 2. The second-order valence-electron chi connectivity index (χ2n) is 3.41. The quantitative estimate of drug-likeness (QED) is 0.826. The number of para-hydroxylation sites is 1. The minimum absolute atomic E-state index is 0.00169. The maximum atomic E-state index is 11.5. The third-order valence-electron chi connectivity index (χ3n) is 1.93. The molecule has 0 aromatic heterocycles. The lowest BCUT2D eigenvalue weighted by molar-refractivity contribution is -0.113. The number of nitrogens with two attached hydrogens (primary N) is 1. The number of carbonyl (C=O) groups is 1. The summed E-state index contributed by atoms with van der Waals surface area (Å²) < 4.78 is 22.7. The van der Waals surface area contributed by atoms with E-state index in [1.165, 1.54) is 0 Å². The van der Waals surface area contributed by atoms with Gasteiger partial charge in [-0.1, -0.05) is 23.7 Å². The van der Waals surface area contributed by atoms with Crippen molar-refractivity contribution in [2.24, 2.45) is 5.73 Å². The zero-order chi connectivity index (χ0) is 12.9. The van der Waals surface area contributed by atoms with Crippen LogP contribution in [0.15, 0.2) is 24.3 Å². The Morgan fingerprint density at radius 3 is 2.59 bits per heavy atom. The van der Waals surface area contributed by atoms with Gasteiger partial charge in [-0.15, -0.1) is 0 Å². The van der Waals surface area contributed by atoms with E-state index in [1.54, 1.807) is 24.3 Å². The third kappa shape index (κ3) is 4.72. The summed E-state index contributed by atoms with van der Waals surface area (Å²) in [6, 6.07) is 6.60. The molecule has 1 rings (SSSR count). The van der Waals surface area contributed by atoms with E-state index < -0.39 is 21.5 Å². The summed E-state index contributed by atoms with van der Waals surface area (Å²) in [5, 5.41) is 2.79. The SMILES string of the molecule is NCCS(=O)(=O)CC(=O)Nc1ccccc1Cl. The van der Waals surface area contributed by atoms with Crippen LogP contribution in [0.1, 0.15) is 0 Å². The van der Waals surface area contributed by atoms with Gasteiger partial charge in [-0.25, -0.2) is 8.42 Å². The molecule has 0 radical (unpaired) electrons. The van der Waals surface area contributed by atoms with E-state index in [1.807, 2.05) is 0 Å². The molecule has 1 aromatic rings. The molecule has 0 atom stereocenters. The molecule has 0 aliphatic heterocycles. The normalized spacial score (nSPS) is 11.2. The summed E-state index contributed by atoms with van der Waals surface area (Å²) in [7, 11) is -3.44. The minimum Gasteiger partial charge on any atom is -0.329 e. The Morgan fingerprint density at radius 1 is 1.35 bits per heavy atom. The standard InChI is InChI=1S/C10H13ClN2O3S/c11-8-3-1-2-4-9(8)13-10(14)7-17(15,16)6-5-12/h1-4H,5-7,12H2,(H,13,14). The highest BCUT2D eigenvalue weighted by Crippen LogP contribution is 2.20. The van der Waals surface area contributed by atoms with Gasteiger partial charge in [0.05, 0.1) is 16.5 Å². The largest absolute Gasteiger partial charge is 0.329 e. The first kappa shape index (κ1) is 14.0. The number of carbonyl (C=O) groups excluding carboxylic acids is 1. The van der Waals surface area contributed by atoms with Crippen LogP contribution in [-0.2, 0) is 14.6 Å². The molecule has 0 aliphatic carbocycles. The molecule has 0 spiro atoms. The van der Waals surface area contributed by atoms with Crippen molar-refractivity contribution in [2.75, 3.05) is 23.4 Å². The van der Waals surface area contributed by atoms with E-state index in [2.05, 4.69) is 5.32 Å². The molecule has 0 fully saturated rings. The van der Waals surface area contributed by atoms with Crippen molar-refractivity contribution in [1.29, 1.82) is 0 Å². The van der Waals surface area contributed by atoms with Crippen molar-refractivity contribution >= 4 is 33.0 Å². The van der Waals surface area contributed by atoms with Gasteiger partial charge in [0.1, 0.15) is 5.75 Å². The van der Waals surface area contributed by atoms with Crippen LogP contribution in [0, 0.1) is 0 Å². The van der Waals surface area contributed by atoms with Crippen molar-refractivity contribution in [3.8, 4) is 0 Å². The number of nitrogens with one attached hydrogen (secondary N) is 1. The molecule has 0 saturated heterocycles. The first-order valence-corrected chi connectivity index (χ1v) is 7.09. The molecule has 0 bridgehead atoms. The van der Waals surface area contributed by atoms with Crippen LogP contribution in [0.2, 0.25) is 5.02 Å². The fourth-order valence-electron chi connectivity index (χ4n) is 1.20. The number of amides is 1. The van der Waals surface area contributed by atoms with Gasteiger partial charge in [-0.2, -0.15) is 0 Å². The third-order valence-corrected chi connectivity index (χ3v) is 3.82. The Labute approximate surface area is 105 Å². The predicted molar refractivity (Wildman–Crippen MR) is 67.8 cm³/mol. The van der Waals surface area contributed by atoms with Crippen LogP contribution in [0.4, 0.5) is 5.69 Å². The van der Waals surface area contributed by atoms with Crippen LogP contribution >= 0.6 is 11.6 Å². The van der Waals surface area contributed by atoms with E-state index in [-0.39, 0.29) is 12.3 Å². The number of anilines is 1. The number of benzene rings is 1. The first-order chi connectivity index (χ1) is 7.94. The van der Waals surface area contributed by atoms with Crippen molar-refractivity contribution in [3.05, 3.63) is 29.3 Å². The summed E-state index contributed by atoms with van der Waals surface area (Å²) in [5.74, 6) is -1.41. The summed E-state index contributed by atoms with van der Waals surface area (Å²) >= 11 is 5.82. The van der Waals surface area contributed by atoms with Gasteiger partial charge in [0.25, 0.3) is 0 Å². The Hall–Kier alpha value is -1.11. The van der Waals surface area contributed by atoms with Gasteiger partial charge in [0.2, 0.25) is 5.91 Å². The van der Waals surface area contributed by atoms with Crippen molar-refractivity contribution in [2.45, 2.75) is 0 Å². The molecule has 0 unspecified atom stereocenters. The number of rotatable bonds is 5. The summed E-state index contributed by atoms with van der Waals surface area (Å²) in [4.78, 5) is 11.5. The smallest absolute Gasteiger partial charge is 0.239 e. The summed E-state index contributed by atoms with van der Waals surface area (Å²) in [6.45, 7) is 0.00169. The zero-order valence-corrected chi connectivity index (χ0v) is 10.6. The number of halogens is 1. The topological polar surface area (TPSA) is 89.3 Å². The van der Waals surface area contributed by atoms with E-state index in [9.17, 15) is 13.2 Å². The highest BCUT2D eigenvalue weighted by Gasteiger charge is 2.16. The molecule has 0 saturated carbocycles. The molecule has 0 aliphatic rings. The molecule has 94 valence electrons. The zero-order valence-electron chi connectivity index (χ0n) is 9.02. The second-order valence-corrected chi connectivity index (χ2v) is 6.00. The molecular formula is C10H13ClN2O3S. The lowest BCUT2D eigenvalue weighted by Gasteiger charge is -2.07. The monoisotopic (exact) mass is 276 g/mol. The van der Waals surface area contributed by atoms with Gasteiger partial charge in [0.15, 0.2) is 9.84 Å². The first-order valence-electron chi connectivity index (χ1n) is 4.89. The fourth-order valence-corrected chi connectivity index (χ4v) is 2.36. The van der Waals surface area contributed by atoms with Crippen molar-refractivity contribution in [1.82, 2.24) is 0 Å². The van der Waals surface area contributed by atoms with Gasteiger partial charge in [-0.3, -0.25) is 4.79 Å². The van der Waals surface area contributed by atoms with E-state index in [0.29, 0.717) is 10.7 Å². The van der Waals surface area contributed by atoms with E-state index in [4.69, 9.17) is 17.3 Å². The van der Waals surface area contributed by atoms with Gasteiger partial charge in [0, 0.05) is 6.54 Å². The van der Waals surface area contributed by atoms with Crippen molar-refractivity contribution < 1.29 is 13.2 Å². The molecule has 7 heteroatoms. The van der Waals surface area contributed by atoms with Gasteiger partial charge >= 0.3 is 0 Å². The highest BCUT2D eigenvalue weighted by atomic mass is 35.5. The van der Waals surface area contributed by atoms with Crippen LogP contribution in [0.3, 0.4) is 0 Å². The maximum absolute atomic E-state index is 11.5. The van der Waals surface area contributed by atoms with Gasteiger partial charge < -0.3 is 11.1 Å². The Morgan fingerprint density at radius 2 is 2.00 bits per heavy atom. The van der Waals surface area contributed by atoms with Crippen LogP contribution in [-0.4, -0.2) is 32.4 Å². The lowest BCUT2D eigenvalue weighted by atomic mass is 10.3. The highest BCUT2D eigenvalue weighted by molar-refractivity contribution is 7.92. The van der Waals surface area contributed by atoms with Crippen LogP contribution < -0.4 is 11.1 Å². The fraction of sp³-hybridized carbons (Fsp3) is 0.300. The minimum atomic E-state index is -3.44. The van der Waals surface area contributed by atoms with Crippen molar-refractivity contribution in [3.63, 3.8) is 0 Å².